The van der Waals surface area contributed by atoms with Crippen LogP contribution in [-0.2, 0) is 4.79 Å². The lowest BCUT2D eigenvalue weighted by Crippen LogP contribution is -2.43. The molecule has 2 rings (SSSR count). The summed E-state index contributed by atoms with van der Waals surface area (Å²) in [5.74, 6) is 0.806. The number of carbonyl (C=O) groups excluding carboxylic acids is 1. The van der Waals surface area contributed by atoms with Gasteiger partial charge in [0.05, 0.1) is 0 Å². The number of benzene rings is 1. The van der Waals surface area contributed by atoms with Crippen LogP contribution in [-0.4, -0.2) is 23.7 Å². The molecule has 1 aromatic carbocycles. The molecule has 1 aliphatic rings. The molecule has 0 saturated heterocycles. The molecule has 1 fully saturated rings. The highest BCUT2D eigenvalue weighted by molar-refractivity contribution is 5.78. The van der Waals surface area contributed by atoms with Crippen molar-refractivity contribution in [2.24, 2.45) is 5.92 Å². The maximum absolute atomic E-state index is 11.8. The molecule has 0 bridgehead atoms. The van der Waals surface area contributed by atoms with E-state index < -0.39 is 0 Å². The molecular formula is C15H21NO3. The number of nitrogens with one attached hydrogen (secondary N) is 1. The molecular weight excluding hydrogens is 242 g/mol. The fourth-order valence-corrected chi connectivity index (χ4v) is 2.50. The number of amides is 1. The molecule has 2 unspecified atom stereocenters. The Hall–Kier alpha value is -1.71. The fraction of sp³-hybridized carbons (Fsp3) is 0.533. The zero-order valence-corrected chi connectivity index (χ0v) is 11.3. The first-order chi connectivity index (χ1) is 9.16. The summed E-state index contributed by atoms with van der Waals surface area (Å²) in [4.78, 5) is 11.8. The molecule has 0 spiro atoms. The van der Waals surface area contributed by atoms with Crippen molar-refractivity contribution in [1.82, 2.24) is 5.32 Å². The Kier molecular flexibility index (Phi) is 4.66. The summed E-state index contributed by atoms with van der Waals surface area (Å²) in [6, 6.07) is 6.92. The lowest BCUT2D eigenvalue weighted by Gasteiger charge is -2.29. The van der Waals surface area contributed by atoms with Gasteiger partial charge < -0.3 is 15.2 Å². The molecule has 0 radical (unpaired) electrons. The van der Waals surface area contributed by atoms with Crippen LogP contribution in [0.5, 0.6) is 11.5 Å². The van der Waals surface area contributed by atoms with Crippen molar-refractivity contribution in [2.75, 3.05) is 6.61 Å². The summed E-state index contributed by atoms with van der Waals surface area (Å²) in [5.41, 5.74) is 0. The van der Waals surface area contributed by atoms with Gasteiger partial charge in [-0.3, -0.25) is 4.79 Å². The van der Waals surface area contributed by atoms with E-state index >= 15 is 0 Å². The molecule has 1 amide bonds. The summed E-state index contributed by atoms with van der Waals surface area (Å²) < 4.78 is 5.31. The molecule has 0 aromatic heterocycles. The zero-order chi connectivity index (χ0) is 13.7. The Morgan fingerprint density at radius 1 is 1.37 bits per heavy atom. The summed E-state index contributed by atoms with van der Waals surface area (Å²) in [6.45, 7) is 2.12. The number of para-hydroxylation sites is 2. The second-order valence-corrected chi connectivity index (χ2v) is 5.19. The zero-order valence-electron chi connectivity index (χ0n) is 11.3. The maximum atomic E-state index is 11.8. The summed E-state index contributed by atoms with van der Waals surface area (Å²) >= 11 is 0. The van der Waals surface area contributed by atoms with Gasteiger partial charge in [0.2, 0.25) is 0 Å². The Balaban J connectivity index is 1.80. The number of ether oxygens (including phenoxy) is 1. The van der Waals surface area contributed by atoms with Crippen molar-refractivity contribution < 1.29 is 14.6 Å². The van der Waals surface area contributed by atoms with E-state index in [4.69, 9.17) is 4.74 Å². The van der Waals surface area contributed by atoms with E-state index in [1.54, 1.807) is 18.2 Å². The molecule has 1 aromatic rings. The van der Waals surface area contributed by atoms with Gasteiger partial charge in [-0.2, -0.15) is 0 Å². The number of rotatable bonds is 4. The van der Waals surface area contributed by atoms with Crippen molar-refractivity contribution >= 4 is 5.91 Å². The lowest BCUT2D eigenvalue weighted by atomic mass is 9.86. The molecule has 104 valence electrons. The predicted octanol–water partition coefficient (Wildman–Crippen LogP) is 2.47. The third kappa shape index (κ3) is 3.88. The average molecular weight is 263 g/mol. The smallest absolute Gasteiger partial charge is 0.258 e. The first kappa shape index (κ1) is 13.7. The topological polar surface area (TPSA) is 58.6 Å². The molecule has 1 aliphatic carbocycles. The van der Waals surface area contributed by atoms with Crippen LogP contribution >= 0.6 is 0 Å². The highest BCUT2D eigenvalue weighted by atomic mass is 16.5. The van der Waals surface area contributed by atoms with Crippen LogP contribution in [0.3, 0.4) is 0 Å². The highest BCUT2D eigenvalue weighted by Gasteiger charge is 2.22. The van der Waals surface area contributed by atoms with E-state index in [2.05, 4.69) is 12.2 Å². The van der Waals surface area contributed by atoms with Gasteiger partial charge >= 0.3 is 0 Å². The number of phenolic OH excluding ortho intramolecular Hbond substituents is 1. The van der Waals surface area contributed by atoms with Gasteiger partial charge in [-0.05, 0) is 30.9 Å². The number of hydrogen-bond donors (Lipinski definition) is 2. The van der Waals surface area contributed by atoms with Gasteiger partial charge in [0.15, 0.2) is 18.1 Å². The second-order valence-electron chi connectivity index (χ2n) is 5.19. The third-order valence-electron chi connectivity index (χ3n) is 3.68. The monoisotopic (exact) mass is 263 g/mol. The van der Waals surface area contributed by atoms with Gasteiger partial charge in [-0.15, -0.1) is 0 Å². The quantitative estimate of drug-likeness (QED) is 0.877. The largest absolute Gasteiger partial charge is 0.504 e. The normalized spacial score (nSPS) is 22.8. The van der Waals surface area contributed by atoms with Crippen molar-refractivity contribution in [1.29, 1.82) is 0 Å². The van der Waals surface area contributed by atoms with Crippen LogP contribution in [0.4, 0.5) is 0 Å². The molecule has 2 atom stereocenters. The molecule has 19 heavy (non-hydrogen) atoms. The molecule has 2 N–H and O–H groups in total. The predicted molar refractivity (Wildman–Crippen MR) is 73.2 cm³/mol. The van der Waals surface area contributed by atoms with E-state index in [1.165, 1.54) is 25.3 Å². The van der Waals surface area contributed by atoms with Crippen molar-refractivity contribution in [2.45, 2.75) is 38.6 Å². The first-order valence-corrected chi connectivity index (χ1v) is 6.87. The SMILES string of the molecule is CC1CCCCC1NC(=O)COc1ccccc1O. The van der Waals surface area contributed by atoms with E-state index in [0.29, 0.717) is 11.7 Å². The van der Waals surface area contributed by atoms with E-state index in [1.807, 2.05) is 0 Å². The Morgan fingerprint density at radius 3 is 2.84 bits per heavy atom. The van der Waals surface area contributed by atoms with Crippen LogP contribution in [0.25, 0.3) is 0 Å². The van der Waals surface area contributed by atoms with Crippen molar-refractivity contribution in [3.63, 3.8) is 0 Å². The van der Waals surface area contributed by atoms with Crippen LogP contribution in [0, 0.1) is 5.92 Å². The molecule has 4 nitrogen and oxygen atoms in total. The maximum Gasteiger partial charge on any atom is 0.258 e. The standard InChI is InChI=1S/C15H21NO3/c1-11-6-2-3-7-12(11)16-15(18)10-19-14-9-5-4-8-13(14)17/h4-5,8-9,11-12,17H,2-3,6-7,10H2,1H3,(H,16,18). The first-order valence-electron chi connectivity index (χ1n) is 6.87. The number of aromatic hydroxyl groups is 1. The van der Waals surface area contributed by atoms with Crippen LogP contribution in [0.15, 0.2) is 24.3 Å². The summed E-state index contributed by atoms with van der Waals surface area (Å²) in [6.07, 6.45) is 4.65. The molecule has 4 heteroatoms. The molecule has 0 heterocycles. The highest BCUT2D eigenvalue weighted by Crippen LogP contribution is 2.25. The van der Waals surface area contributed by atoms with Gasteiger partial charge in [-0.25, -0.2) is 0 Å². The number of phenols is 1. The third-order valence-corrected chi connectivity index (χ3v) is 3.68. The Bertz CT molecular complexity index is 433. The van der Waals surface area contributed by atoms with Gasteiger partial charge in [-0.1, -0.05) is 31.9 Å². The number of hydrogen-bond acceptors (Lipinski definition) is 3. The Morgan fingerprint density at radius 2 is 2.11 bits per heavy atom. The summed E-state index contributed by atoms with van der Waals surface area (Å²) in [5, 5.41) is 12.5. The fourth-order valence-electron chi connectivity index (χ4n) is 2.50. The Labute approximate surface area is 113 Å². The van der Waals surface area contributed by atoms with Crippen LogP contribution in [0.2, 0.25) is 0 Å². The average Bonchev–Trinajstić information content (AvgIpc) is 2.40. The van der Waals surface area contributed by atoms with Gasteiger partial charge in [0, 0.05) is 6.04 Å². The minimum Gasteiger partial charge on any atom is -0.504 e. The minimum absolute atomic E-state index is 0.0548. The van der Waals surface area contributed by atoms with E-state index in [9.17, 15) is 9.90 Å². The van der Waals surface area contributed by atoms with Crippen molar-refractivity contribution in [3.8, 4) is 11.5 Å². The van der Waals surface area contributed by atoms with Gasteiger partial charge in [0.25, 0.3) is 5.91 Å². The van der Waals surface area contributed by atoms with E-state index in [-0.39, 0.29) is 24.3 Å². The summed E-state index contributed by atoms with van der Waals surface area (Å²) in [7, 11) is 0. The van der Waals surface area contributed by atoms with E-state index in [0.717, 1.165) is 6.42 Å². The van der Waals surface area contributed by atoms with Gasteiger partial charge in [0.1, 0.15) is 0 Å². The molecule has 0 aliphatic heterocycles. The second kappa shape index (κ2) is 6.45. The van der Waals surface area contributed by atoms with Crippen molar-refractivity contribution in [3.05, 3.63) is 24.3 Å². The lowest BCUT2D eigenvalue weighted by molar-refractivity contribution is -0.124. The number of carbonyl (C=O) groups is 1. The van der Waals surface area contributed by atoms with Crippen LogP contribution < -0.4 is 10.1 Å². The van der Waals surface area contributed by atoms with Crippen LogP contribution in [0.1, 0.15) is 32.6 Å². The minimum atomic E-state index is -0.123. The molecule has 1 saturated carbocycles.